The molecule has 112 valence electrons. The van der Waals surface area contributed by atoms with Gasteiger partial charge in [-0.2, -0.15) is 0 Å². The lowest BCUT2D eigenvalue weighted by atomic mass is 10.0. The first-order valence-electron chi connectivity index (χ1n) is 7.68. The van der Waals surface area contributed by atoms with Crippen molar-refractivity contribution in [2.75, 3.05) is 6.61 Å². The first-order chi connectivity index (χ1) is 10.8. The second-order valence-electron chi connectivity index (χ2n) is 5.64. The quantitative estimate of drug-likeness (QED) is 0.737. The van der Waals surface area contributed by atoms with E-state index in [1.54, 1.807) is 0 Å². The summed E-state index contributed by atoms with van der Waals surface area (Å²) in [6, 6.07) is 25.1. The Kier molecular flexibility index (Phi) is 4.52. The number of nitrogens with one attached hydrogen (secondary N) is 1. The second kappa shape index (κ2) is 6.73. The summed E-state index contributed by atoms with van der Waals surface area (Å²) in [7, 11) is 0. The van der Waals surface area contributed by atoms with Crippen LogP contribution in [0.15, 0.2) is 72.8 Å². The molecule has 2 heteroatoms. The Morgan fingerprint density at radius 3 is 2.23 bits per heavy atom. The maximum Gasteiger partial charge on any atom is 0.0626 e. The molecular weight excluding hydrogens is 270 g/mol. The Hall–Kier alpha value is -2.16. The highest BCUT2D eigenvalue weighted by Gasteiger charge is 2.14. The molecule has 0 heterocycles. The van der Waals surface area contributed by atoms with Crippen molar-refractivity contribution in [1.29, 1.82) is 0 Å². The smallest absolute Gasteiger partial charge is 0.0626 e. The Morgan fingerprint density at radius 1 is 0.818 bits per heavy atom. The van der Waals surface area contributed by atoms with E-state index in [-0.39, 0.29) is 18.7 Å². The summed E-state index contributed by atoms with van der Waals surface area (Å²) in [6.07, 6.45) is 0. The van der Waals surface area contributed by atoms with Crippen molar-refractivity contribution in [2.24, 2.45) is 0 Å². The van der Waals surface area contributed by atoms with Crippen molar-refractivity contribution in [3.05, 3.63) is 83.9 Å². The van der Waals surface area contributed by atoms with Crippen molar-refractivity contribution < 1.29 is 5.11 Å². The zero-order chi connectivity index (χ0) is 15.4. The average Bonchev–Trinajstić information content (AvgIpc) is 2.59. The summed E-state index contributed by atoms with van der Waals surface area (Å²) in [6.45, 7) is 2.22. The summed E-state index contributed by atoms with van der Waals surface area (Å²) in [5.74, 6) is 0. The number of hydrogen-bond donors (Lipinski definition) is 2. The highest BCUT2D eigenvalue weighted by molar-refractivity contribution is 5.83. The van der Waals surface area contributed by atoms with E-state index in [2.05, 4.69) is 54.7 Å². The Balaban J connectivity index is 1.81. The number of aliphatic hydroxyl groups excluding tert-OH is 1. The van der Waals surface area contributed by atoms with Crippen LogP contribution in [-0.2, 0) is 0 Å². The fourth-order valence-electron chi connectivity index (χ4n) is 2.81. The molecule has 0 amide bonds. The summed E-state index contributed by atoms with van der Waals surface area (Å²) in [5.41, 5.74) is 2.34. The van der Waals surface area contributed by atoms with E-state index in [0.717, 1.165) is 5.56 Å². The highest BCUT2D eigenvalue weighted by atomic mass is 16.3. The van der Waals surface area contributed by atoms with Gasteiger partial charge in [0, 0.05) is 6.04 Å². The molecule has 3 rings (SSSR count). The first-order valence-corrected chi connectivity index (χ1v) is 7.68. The van der Waals surface area contributed by atoms with Crippen molar-refractivity contribution in [2.45, 2.75) is 19.0 Å². The summed E-state index contributed by atoms with van der Waals surface area (Å²) in [4.78, 5) is 0. The standard InChI is InChI=1S/C20H21NO/c1-15(21-20(14-22)17-8-3-2-4-9-17)18-12-11-16-7-5-6-10-19(16)13-18/h2-13,15,20-22H,14H2,1H3/t15?,20-/m1/s1. The fourth-order valence-corrected chi connectivity index (χ4v) is 2.81. The van der Waals surface area contributed by atoms with Crippen molar-refractivity contribution >= 4 is 10.8 Å². The predicted molar refractivity (Wildman–Crippen MR) is 91.8 cm³/mol. The van der Waals surface area contributed by atoms with Crippen LogP contribution in [-0.4, -0.2) is 11.7 Å². The molecule has 2 N–H and O–H groups in total. The molecule has 0 saturated carbocycles. The lowest BCUT2D eigenvalue weighted by Crippen LogP contribution is -2.27. The van der Waals surface area contributed by atoms with E-state index in [9.17, 15) is 5.11 Å². The fraction of sp³-hybridized carbons (Fsp3) is 0.200. The molecule has 0 aliphatic carbocycles. The van der Waals surface area contributed by atoms with Gasteiger partial charge >= 0.3 is 0 Å². The minimum atomic E-state index is -0.0531. The third kappa shape index (κ3) is 3.19. The van der Waals surface area contributed by atoms with Gasteiger partial charge in [-0.25, -0.2) is 0 Å². The van der Waals surface area contributed by atoms with E-state index in [0.29, 0.717) is 0 Å². The van der Waals surface area contributed by atoms with Gasteiger partial charge in [0.2, 0.25) is 0 Å². The number of fused-ring (bicyclic) bond motifs is 1. The highest BCUT2D eigenvalue weighted by Crippen LogP contribution is 2.23. The minimum absolute atomic E-state index is 0.0531. The van der Waals surface area contributed by atoms with Gasteiger partial charge in [-0.1, -0.05) is 66.7 Å². The number of hydrogen-bond acceptors (Lipinski definition) is 2. The largest absolute Gasteiger partial charge is 0.394 e. The molecule has 3 aromatic carbocycles. The topological polar surface area (TPSA) is 32.3 Å². The van der Waals surface area contributed by atoms with Gasteiger partial charge in [-0.3, -0.25) is 0 Å². The van der Waals surface area contributed by atoms with Gasteiger partial charge in [0.25, 0.3) is 0 Å². The third-order valence-electron chi connectivity index (χ3n) is 4.11. The second-order valence-corrected chi connectivity index (χ2v) is 5.64. The summed E-state index contributed by atoms with van der Waals surface area (Å²) in [5, 5.41) is 15.7. The lowest BCUT2D eigenvalue weighted by Gasteiger charge is -2.22. The molecule has 2 nitrogen and oxygen atoms in total. The van der Waals surface area contributed by atoms with Crippen LogP contribution < -0.4 is 5.32 Å². The zero-order valence-corrected chi connectivity index (χ0v) is 12.7. The van der Waals surface area contributed by atoms with E-state index in [4.69, 9.17) is 0 Å². The van der Waals surface area contributed by atoms with E-state index in [1.165, 1.54) is 16.3 Å². The molecule has 0 aliphatic rings. The molecule has 0 aliphatic heterocycles. The molecule has 0 radical (unpaired) electrons. The van der Waals surface area contributed by atoms with E-state index >= 15 is 0 Å². The number of aliphatic hydroxyl groups is 1. The zero-order valence-electron chi connectivity index (χ0n) is 12.7. The Labute approximate surface area is 131 Å². The van der Waals surface area contributed by atoms with Crippen LogP contribution >= 0.6 is 0 Å². The normalized spacial score (nSPS) is 13.9. The Morgan fingerprint density at radius 2 is 1.50 bits per heavy atom. The van der Waals surface area contributed by atoms with Gasteiger partial charge in [-0.05, 0) is 34.9 Å². The third-order valence-corrected chi connectivity index (χ3v) is 4.11. The van der Waals surface area contributed by atoms with Gasteiger partial charge in [0.15, 0.2) is 0 Å². The van der Waals surface area contributed by atoms with Crippen LogP contribution in [0.3, 0.4) is 0 Å². The minimum Gasteiger partial charge on any atom is -0.394 e. The molecular formula is C20H21NO. The van der Waals surface area contributed by atoms with Gasteiger partial charge < -0.3 is 10.4 Å². The maximum absolute atomic E-state index is 9.68. The van der Waals surface area contributed by atoms with Gasteiger partial charge in [-0.15, -0.1) is 0 Å². The van der Waals surface area contributed by atoms with Crippen molar-refractivity contribution in [1.82, 2.24) is 5.32 Å². The van der Waals surface area contributed by atoms with Gasteiger partial charge in [0.05, 0.1) is 12.6 Å². The molecule has 3 aromatic rings. The first kappa shape index (κ1) is 14.8. The maximum atomic E-state index is 9.68. The lowest BCUT2D eigenvalue weighted by molar-refractivity contribution is 0.235. The molecule has 2 atom stereocenters. The van der Waals surface area contributed by atoms with Crippen LogP contribution in [0.5, 0.6) is 0 Å². The monoisotopic (exact) mass is 291 g/mol. The van der Waals surface area contributed by atoms with Crippen LogP contribution in [0.1, 0.15) is 30.1 Å². The molecule has 22 heavy (non-hydrogen) atoms. The molecule has 0 fully saturated rings. The predicted octanol–water partition coefficient (Wildman–Crippen LogP) is 4.22. The van der Waals surface area contributed by atoms with Crippen LogP contribution in [0, 0.1) is 0 Å². The van der Waals surface area contributed by atoms with E-state index < -0.39 is 0 Å². The van der Waals surface area contributed by atoms with Crippen LogP contribution in [0.4, 0.5) is 0 Å². The molecule has 1 unspecified atom stereocenters. The van der Waals surface area contributed by atoms with Gasteiger partial charge in [0.1, 0.15) is 0 Å². The van der Waals surface area contributed by atoms with Crippen LogP contribution in [0.2, 0.25) is 0 Å². The number of rotatable bonds is 5. The van der Waals surface area contributed by atoms with Crippen LogP contribution in [0.25, 0.3) is 10.8 Å². The summed E-state index contributed by atoms with van der Waals surface area (Å²) >= 11 is 0. The Bertz CT molecular complexity index is 739. The van der Waals surface area contributed by atoms with Crippen molar-refractivity contribution in [3.63, 3.8) is 0 Å². The average molecular weight is 291 g/mol. The molecule has 0 spiro atoms. The molecule has 0 saturated heterocycles. The molecule has 0 bridgehead atoms. The summed E-state index contributed by atoms with van der Waals surface area (Å²) < 4.78 is 0. The SMILES string of the molecule is CC(N[C@H](CO)c1ccccc1)c1ccc2ccccc2c1. The molecule has 0 aromatic heterocycles. The van der Waals surface area contributed by atoms with Crippen molar-refractivity contribution in [3.8, 4) is 0 Å². The number of benzene rings is 3. The van der Waals surface area contributed by atoms with E-state index in [1.807, 2.05) is 30.3 Å².